The molecule has 1 aromatic heterocycles. The molecule has 6 nitrogen and oxygen atoms in total. The molecule has 2 rings (SSSR count). The van der Waals surface area contributed by atoms with Gasteiger partial charge >= 0.3 is 0 Å². The lowest BCUT2D eigenvalue weighted by Gasteiger charge is -2.10. The lowest BCUT2D eigenvalue weighted by Crippen LogP contribution is -2.16. The minimum absolute atomic E-state index is 0.00876. The van der Waals surface area contributed by atoms with Crippen LogP contribution in [-0.2, 0) is 16.6 Å². The fraction of sp³-hybridized carbons (Fsp3) is 0.182. The van der Waals surface area contributed by atoms with E-state index in [1.807, 2.05) is 0 Å². The molecular weight excluding hydrogens is 351 g/mol. The molecule has 0 saturated carbocycles. The predicted octanol–water partition coefficient (Wildman–Crippen LogP) is 1.88. The number of H-pyrrole nitrogens is 1. The Labute approximate surface area is 123 Å². The van der Waals surface area contributed by atoms with Crippen LogP contribution in [0.1, 0.15) is 11.4 Å². The summed E-state index contributed by atoms with van der Waals surface area (Å²) in [5.74, 6) is -0.470. The van der Waals surface area contributed by atoms with Crippen LogP contribution in [0.5, 0.6) is 0 Å². The first kappa shape index (κ1) is 14.9. The number of nitrogens with zero attached hydrogens (tertiary/aromatic N) is 1. The third-order valence-corrected chi connectivity index (χ3v) is 4.82. The number of halogens is 2. The van der Waals surface area contributed by atoms with Gasteiger partial charge in [0.05, 0.1) is 17.1 Å². The van der Waals surface area contributed by atoms with E-state index in [2.05, 4.69) is 30.8 Å². The number of hydrogen-bond acceptors (Lipinski definition) is 4. The second-order valence-corrected chi connectivity index (χ2v) is 6.53. The van der Waals surface area contributed by atoms with E-state index in [9.17, 15) is 12.8 Å². The van der Waals surface area contributed by atoms with Gasteiger partial charge in [-0.15, -0.1) is 0 Å². The van der Waals surface area contributed by atoms with Crippen LogP contribution < -0.4 is 10.5 Å². The fourth-order valence-electron chi connectivity index (χ4n) is 1.73. The summed E-state index contributed by atoms with van der Waals surface area (Å²) < 4.78 is 40.4. The number of aromatic amines is 1. The predicted molar refractivity (Wildman–Crippen MR) is 76.1 cm³/mol. The van der Waals surface area contributed by atoms with Crippen molar-refractivity contribution in [2.45, 2.75) is 18.4 Å². The van der Waals surface area contributed by atoms with E-state index in [1.54, 1.807) is 6.92 Å². The number of aromatic nitrogens is 2. The molecule has 0 aliphatic carbocycles. The molecular formula is C11H12BrFN4O2S. The van der Waals surface area contributed by atoms with Gasteiger partial charge in [-0.2, -0.15) is 5.10 Å². The molecule has 0 bridgehead atoms. The molecule has 9 heteroatoms. The third kappa shape index (κ3) is 2.84. The Balaban J connectivity index is 2.43. The van der Waals surface area contributed by atoms with E-state index in [0.29, 0.717) is 10.2 Å². The summed E-state index contributed by atoms with van der Waals surface area (Å²) in [6.45, 7) is 1.58. The monoisotopic (exact) mass is 362 g/mol. The maximum Gasteiger partial charge on any atom is 0.265 e. The largest absolute Gasteiger partial charge is 0.325 e. The molecule has 0 fully saturated rings. The second kappa shape index (κ2) is 5.51. The summed E-state index contributed by atoms with van der Waals surface area (Å²) in [7, 11) is -3.85. The smallest absolute Gasteiger partial charge is 0.265 e. The summed E-state index contributed by atoms with van der Waals surface area (Å²) in [6, 6.07) is 3.66. The highest BCUT2D eigenvalue weighted by Crippen LogP contribution is 2.27. The molecule has 0 spiro atoms. The maximum absolute atomic E-state index is 13.0. The molecule has 2 aromatic rings. The number of hydrogen-bond donors (Lipinski definition) is 3. The summed E-state index contributed by atoms with van der Waals surface area (Å²) in [6.07, 6.45) is 0. The molecule has 0 aliphatic rings. The first-order valence-corrected chi connectivity index (χ1v) is 7.84. The molecule has 1 aromatic carbocycles. The van der Waals surface area contributed by atoms with Crippen LogP contribution in [0, 0.1) is 12.7 Å². The lowest BCUT2D eigenvalue weighted by molar-refractivity contribution is 0.599. The van der Waals surface area contributed by atoms with Crippen molar-refractivity contribution in [2.24, 2.45) is 5.73 Å². The Bertz CT molecular complexity index is 745. The summed E-state index contributed by atoms with van der Waals surface area (Å²) in [5.41, 5.74) is 6.33. The van der Waals surface area contributed by atoms with Crippen molar-refractivity contribution in [3.05, 3.63) is 39.9 Å². The number of nitrogens with two attached hydrogens (primary N) is 1. The Morgan fingerprint density at radius 2 is 2.20 bits per heavy atom. The highest BCUT2D eigenvalue weighted by atomic mass is 79.9. The number of sulfonamides is 1. The maximum atomic E-state index is 13.0. The van der Waals surface area contributed by atoms with Crippen LogP contribution in [-0.4, -0.2) is 18.6 Å². The first-order chi connectivity index (χ1) is 9.35. The van der Waals surface area contributed by atoms with Gasteiger partial charge < -0.3 is 5.73 Å². The van der Waals surface area contributed by atoms with Gasteiger partial charge in [-0.1, -0.05) is 0 Å². The van der Waals surface area contributed by atoms with Gasteiger partial charge in [0.1, 0.15) is 10.7 Å². The van der Waals surface area contributed by atoms with Gasteiger partial charge in [0.25, 0.3) is 10.0 Å². The molecule has 0 aliphatic heterocycles. The number of aryl methyl sites for hydroxylation is 1. The van der Waals surface area contributed by atoms with E-state index in [-0.39, 0.29) is 22.8 Å². The van der Waals surface area contributed by atoms with Crippen molar-refractivity contribution < 1.29 is 12.8 Å². The topological polar surface area (TPSA) is 101 Å². The van der Waals surface area contributed by atoms with Crippen molar-refractivity contribution in [1.82, 2.24) is 10.2 Å². The minimum Gasteiger partial charge on any atom is -0.325 e. The average molecular weight is 363 g/mol. The number of nitrogens with one attached hydrogen (secondary N) is 2. The van der Waals surface area contributed by atoms with Crippen LogP contribution >= 0.6 is 15.9 Å². The van der Waals surface area contributed by atoms with Crippen LogP contribution in [0.4, 0.5) is 10.1 Å². The number of benzene rings is 1. The first-order valence-electron chi connectivity index (χ1n) is 5.57. The number of rotatable bonds is 4. The van der Waals surface area contributed by atoms with E-state index >= 15 is 0 Å². The Kier molecular flexibility index (Phi) is 4.11. The van der Waals surface area contributed by atoms with Gasteiger partial charge in [-0.05, 0) is 41.1 Å². The number of anilines is 1. The highest BCUT2D eigenvalue weighted by molar-refractivity contribution is 9.10. The van der Waals surface area contributed by atoms with E-state index < -0.39 is 15.8 Å². The normalized spacial score (nSPS) is 11.6. The van der Waals surface area contributed by atoms with Crippen molar-refractivity contribution in [2.75, 3.05) is 4.72 Å². The van der Waals surface area contributed by atoms with E-state index in [0.717, 1.165) is 6.07 Å². The van der Waals surface area contributed by atoms with Gasteiger partial charge in [-0.3, -0.25) is 9.82 Å². The van der Waals surface area contributed by atoms with Crippen molar-refractivity contribution >= 4 is 31.6 Å². The summed E-state index contributed by atoms with van der Waals surface area (Å²) >= 11 is 3.10. The Morgan fingerprint density at radius 3 is 2.80 bits per heavy atom. The standard InChI is InChI=1S/C11H12BrFN4O2S/c1-6-11(10(5-14)16-15-6)20(18,19)17-9-3-2-7(13)4-8(9)12/h2-4,17H,5,14H2,1H3,(H,15,16). The van der Waals surface area contributed by atoms with Gasteiger partial charge in [0.2, 0.25) is 0 Å². The van der Waals surface area contributed by atoms with Crippen LogP contribution in [0.3, 0.4) is 0 Å². The van der Waals surface area contributed by atoms with Crippen LogP contribution in [0.15, 0.2) is 27.6 Å². The molecule has 0 saturated heterocycles. The molecule has 4 N–H and O–H groups in total. The van der Waals surface area contributed by atoms with Gasteiger partial charge in [0.15, 0.2) is 0 Å². The zero-order valence-electron chi connectivity index (χ0n) is 10.4. The quantitative estimate of drug-likeness (QED) is 0.772. The lowest BCUT2D eigenvalue weighted by atomic mass is 10.3. The Morgan fingerprint density at radius 1 is 1.50 bits per heavy atom. The van der Waals surface area contributed by atoms with E-state index in [1.165, 1.54) is 12.1 Å². The highest BCUT2D eigenvalue weighted by Gasteiger charge is 2.24. The third-order valence-electron chi connectivity index (χ3n) is 2.60. The summed E-state index contributed by atoms with van der Waals surface area (Å²) in [4.78, 5) is 0.0104. The van der Waals surface area contributed by atoms with Crippen LogP contribution in [0.2, 0.25) is 0 Å². The molecule has 0 radical (unpaired) electrons. The molecule has 108 valence electrons. The zero-order chi connectivity index (χ0) is 14.9. The molecule has 0 atom stereocenters. The molecule has 1 heterocycles. The fourth-order valence-corrected chi connectivity index (χ4v) is 3.77. The zero-order valence-corrected chi connectivity index (χ0v) is 12.8. The minimum atomic E-state index is -3.85. The van der Waals surface area contributed by atoms with Crippen molar-refractivity contribution in [3.8, 4) is 0 Å². The summed E-state index contributed by atoms with van der Waals surface area (Å²) in [5, 5.41) is 6.42. The van der Waals surface area contributed by atoms with Gasteiger partial charge in [-0.25, -0.2) is 12.8 Å². The van der Waals surface area contributed by atoms with E-state index in [4.69, 9.17) is 5.73 Å². The molecule has 0 amide bonds. The molecule has 20 heavy (non-hydrogen) atoms. The van der Waals surface area contributed by atoms with Crippen LogP contribution in [0.25, 0.3) is 0 Å². The second-order valence-electron chi connectivity index (χ2n) is 4.06. The SMILES string of the molecule is Cc1[nH]nc(CN)c1S(=O)(=O)Nc1ccc(F)cc1Br. The van der Waals surface area contributed by atoms with Crippen molar-refractivity contribution in [3.63, 3.8) is 0 Å². The average Bonchev–Trinajstić information content (AvgIpc) is 2.75. The molecule has 0 unspecified atom stereocenters. The van der Waals surface area contributed by atoms with Crippen molar-refractivity contribution in [1.29, 1.82) is 0 Å². The Hall–Kier alpha value is -1.45. The van der Waals surface area contributed by atoms with Gasteiger partial charge in [0, 0.05) is 11.0 Å².